The lowest BCUT2D eigenvalue weighted by Gasteiger charge is -2.21. The number of benzene rings is 1. The number of likely N-dealkylation sites (tertiary alicyclic amines) is 1. The first-order valence-corrected chi connectivity index (χ1v) is 6.17. The van der Waals surface area contributed by atoms with Gasteiger partial charge in [0.25, 0.3) is 0 Å². The van der Waals surface area contributed by atoms with E-state index in [2.05, 4.69) is 11.8 Å². The van der Waals surface area contributed by atoms with E-state index in [1.54, 1.807) is 0 Å². The Balaban J connectivity index is 2.06. The fourth-order valence-electron chi connectivity index (χ4n) is 2.46. The van der Waals surface area contributed by atoms with E-state index < -0.39 is 11.9 Å². The van der Waals surface area contributed by atoms with Gasteiger partial charge in [0, 0.05) is 13.1 Å². The standard InChI is InChI=1S/C14H19NO2/c1-11-7-8-15(9-11)10-13(14(16)17)12-5-3-2-4-6-12/h2-6,11,13H,7-10H2,1H3,(H,16,17). The fourth-order valence-corrected chi connectivity index (χ4v) is 2.46. The molecule has 1 aliphatic rings. The Bertz CT molecular complexity index is 377. The van der Waals surface area contributed by atoms with Gasteiger partial charge in [-0.15, -0.1) is 0 Å². The molecule has 0 aliphatic carbocycles. The summed E-state index contributed by atoms with van der Waals surface area (Å²) in [5, 5.41) is 9.33. The molecule has 2 unspecified atom stereocenters. The van der Waals surface area contributed by atoms with Crippen LogP contribution >= 0.6 is 0 Å². The molecule has 3 heteroatoms. The Kier molecular flexibility index (Phi) is 3.79. The van der Waals surface area contributed by atoms with Crippen molar-refractivity contribution < 1.29 is 9.90 Å². The monoisotopic (exact) mass is 233 g/mol. The summed E-state index contributed by atoms with van der Waals surface area (Å²) in [5.41, 5.74) is 0.902. The molecule has 1 aromatic carbocycles. The second-order valence-corrected chi connectivity index (χ2v) is 4.95. The van der Waals surface area contributed by atoms with Crippen LogP contribution in [0.4, 0.5) is 0 Å². The summed E-state index contributed by atoms with van der Waals surface area (Å²) in [5.74, 6) is -0.433. The normalized spacial score (nSPS) is 22.5. The maximum absolute atomic E-state index is 11.3. The third-order valence-corrected chi connectivity index (χ3v) is 3.45. The van der Waals surface area contributed by atoms with Crippen molar-refractivity contribution in [3.63, 3.8) is 0 Å². The van der Waals surface area contributed by atoms with Gasteiger partial charge in [-0.25, -0.2) is 0 Å². The summed E-state index contributed by atoms with van der Waals surface area (Å²) in [6, 6.07) is 9.52. The van der Waals surface area contributed by atoms with E-state index in [-0.39, 0.29) is 0 Å². The van der Waals surface area contributed by atoms with Crippen LogP contribution in [0, 0.1) is 5.92 Å². The average Bonchev–Trinajstić information content (AvgIpc) is 2.73. The molecular weight excluding hydrogens is 214 g/mol. The van der Waals surface area contributed by atoms with Gasteiger partial charge in [-0.3, -0.25) is 4.79 Å². The number of hydrogen-bond acceptors (Lipinski definition) is 2. The number of nitrogens with zero attached hydrogens (tertiary/aromatic N) is 1. The SMILES string of the molecule is CC1CCN(CC(C(=O)O)c2ccccc2)C1. The van der Waals surface area contributed by atoms with Gasteiger partial charge in [0.1, 0.15) is 0 Å². The highest BCUT2D eigenvalue weighted by atomic mass is 16.4. The highest BCUT2D eigenvalue weighted by molar-refractivity contribution is 5.76. The molecule has 1 N–H and O–H groups in total. The smallest absolute Gasteiger partial charge is 0.312 e. The molecule has 17 heavy (non-hydrogen) atoms. The van der Waals surface area contributed by atoms with Crippen molar-refractivity contribution >= 4 is 5.97 Å². The zero-order valence-corrected chi connectivity index (χ0v) is 10.2. The molecule has 1 heterocycles. The van der Waals surface area contributed by atoms with E-state index in [0.29, 0.717) is 12.5 Å². The van der Waals surface area contributed by atoms with Crippen molar-refractivity contribution in [2.24, 2.45) is 5.92 Å². The van der Waals surface area contributed by atoms with Gasteiger partial charge in [-0.05, 0) is 24.4 Å². The minimum Gasteiger partial charge on any atom is -0.481 e. The molecule has 3 nitrogen and oxygen atoms in total. The van der Waals surface area contributed by atoms with Crippen LogP contribution < -0.4 is 0 Å². The minimum absolute atomic E-state index is 0.401. The first-order chi connectivity index (χ1) is 8.16. The predicted octanol–water partition coefficient (Wildman–Crippen LogP) is 2.20. The number of rotatable bonds is 4. The molecule has 2 rings (SSSR count). The average molecular weight is 233 g/mol. The maximum atomic E-state index is 11.3. The molecule has 92 valence electrons. The van der Waals surface area contributed by atoms with E-state index in [4.69, 9.17) is 0 Å². The molecule has 0 spiro atoms. The van der Waals surface area contributed by atoms with Gasteiger partial charge in [0.05, 0.1) is 5.92 Å². The number of aliphatic carboxylic acids is 1. The lowest BCUT2D eigenvalue weighted by atomic mass is 9.99. The molecule has 0 aromatic heterocycles. The number of hydrogen-bond donors (Lipinski definition) is 1. The first kappa shape index (κ1) is 12.1. The summed E-state index contributed by atoms with van der Waals surface area (Å²) in [6.45, 7) is 4.90. The molecule has 0 radical (unpaired) electrons. The van der Waals surface area contributed by atoms with Crippen molar-refractivity contribution in [2.75, 3.05) is 19.6 Å². The van der Waals surface area contributed by atoms with Crippen LogP contribution in [-0.4, -0.2) is 35.6 Å². The second-order valence-electron chi connectivity index (χ2n) is 4.95. The molecule has 1 aliphatic heterocycles. The Labute approximate surface area is 102 Å². The van der Waals surface area contributed by atoms with Gasteiger partial charge < -0.3 is 10.0 Å². The Morgan fingerprint density at radius 3 is 2.71 bits per heavy atom. The van der Waals surface area contributed by atoms with Crippen LogP contribution in [0.5, 0.6) is 0 Å². The Morgan fingerprint density at radius 2 is 2.18 bits per heavy atom. The van der Waals surface area contributed by atoms with Crippen molar-refractivity contribution in [2.45, 2.75) is 19.3 Å². The van der Waals surface area contributed by atoms with Gasteiger partial charge in [0.2, 0.25) is 0 Å². The first-order valence-electron chi connectivity index (χ1n) is 6.17. The van der Waals surface area contributed by atoms with Crippen molar-refractivity contribution in [3.8, 4) is 0 Å². The zero-order valence-electron chi connectivity index (χ0n) is 10.2. The molecule has 0 amide bonds. The summed E-state index contributed by atoms with van der Waals surface area (Å²) < 4.78 is 0. The quantitative estimate of drug-likeness (QED) is 0.866. The van der Waals surface area contributed by atoms with Crippen LogP contribution in [0.25, 0.3) is 0 Å². The lowest BCUT2D eigenvalue weighted by molar-refractivity contribution is -0.139. The van der Waals surface area contributed by atoms with Crippen LogP contribution in [0.15, 0.2) is 30.3 Å². The Morgan fingerprint density at radius 1 is 1.47 bits per heavy atom. The Hall–Kier alpha value is -1.35. The fraction of sp³-hybridized carbons (Fsp3) is 0.500. The van der Waals surface area contributed by atoms with Crippen molar-refractivity contribution in [1.29, 1.82) is 0 Å². The van der Waals surface area contributed by atoms with E-state index in [1.165, 1.54) is 6.42 Å². The zero-order chi connectivity index (χ0) is 12.3. The maximum Gasteiger partial charge on any atom is 0.312 e. The highest BCUT2D eigenvalue weighted by Crippen LogP contribution is 2.22. The molecule has 1 fully saturated rings. The molecule has 0 saturated carbocycles. The summed E-state index contributed by atoms with van der Waals surface area (Å²) in [4.78, 5) is 13.6. The van der Waals surface area contributed by atoms with E-state index in [0.717, 1.165) is 18.7 Å². The van der Waals surface area contributed by atoms with Crippen molar-refractivity contribution in [3.05, 3.63) is 35.9 Å². The molecule has 1 saturated heterocycles. The minimum atomic E-state index is -0.726. The van der Waals surface area contributed by atoms with Gasteiger partial charge in [-0.2, -0.15) is 0 Å². The highest BCUT2D eigenvalue weighted by Gasteiger charge is 2.26. The number of carboxylic acid groups (broad SMARTS) is 1. The van der Waals surface area contributed by atoms with Gasteiger partial charge in [0.15, 0.2) is 0 Å². The lowest BCUT2D eigenvalue weighted by Crippen LogP contribution is -2.30. The van der Waals surface area contributed by atoms with Crippen LogP contribution in [0.1, 0.15) is 24.8 Å². The summed E-state index contributed by atoms with van der Waals surface area (Å²) in [6.07, 6.45) is 1.18. The summed E-state index contributed by atoms with van der Waals surface area (Å²) in [7, 11) is 0. The molecule has 1 aromatic rings. The second kappa shape index (κ2) is 5.32. The molecular formula is C14H19NO2. The predicted molar refractivity (Wildman–Crippen MR) is 67.0 cm³/mol. The summed E-state index contributed by atoms with van der Waals surface area (Å²) >= 11 is 0. The largest absolute Gasteiger partial charge is 0.481 e. The van der Waals surface area contributed by atoms with Crippen LogP contribution in [-0.2, 0) is 4.79 Å². The van der Waals surface area contributed by atoms with E-state index >= 15 is 0 Å². The third kappa shape index (κ3) is 3.07. The topological polar surface area (TPSA) is 40.5 Å². The number of carboxylic acids is 1. The van der Waals surface area contributed by atoms with Gasteiger partial charge >= 0.3 is 5.97 Å². The van der Waals surface area contributed by atoms with E-state index in [1.807, 2.05) is 30.3 Å². The molecule has 0 bridgehead atoms. The third-order valence-electron chi connectivity index (χ3n) is 3.45. The number of carbonyl (C=O) groups is 1. The molecule has 2 atom stereocenters. The van der Waals surface area contributed by atoms with Crippen LogP contribution in [0.3, 0.4) is 0 Å². The van der Waals surface area contributed by atoms with E-state index in [9.17, 15) is 9.90 Å². The van der Waals surface area contributed by atoms with Gasteiger partial charge in [-0.1, -0.05) is 37.3 Å². The van der Waals surface area contributed by atoms with Crippen LogP contribution in [0.2, 0.25) is 0 Å². The van der Waals surface area contributed by atoms with Crippen molar-refractivity contribution in [1.82, 2.24) is 4.90 Å².